The average Bonchev–Trinajstić information content (AvgIpc) is 3.42. The molecule has 1 aliphatic carbocycles. The molecule has 2 aromatic heterocycles. The van der Waals surface area contributed by atoms with E-state index in [0.717, 1.165) is 35.9 Å². The molecule has 4 atom stereocenters. The third kappa shape index (κ3) is 4.06. The number of carbonyl (C=O) groups is 2. The van der Waals surface area contributed by atoms with Gasteiger partial charge in [0, 0.05) is 12.6 Å². The van der Waals surface area contributed by atoms with Crippen molar-refractivity contribution < 1.29 is 9.59 Å². The maximum absolute atomic E-state index is 13.9. The number of aromatic nitrogens is 1. The van der Waals surface area contributed by atoms with Crippen molar-refractivity contribution in [2.45, 2.75) is 71.0 Å². The maximum atomic E-state index is 13.9. The zero-order valence-electron chi connectivity index (χ0n) is 20.4. The summed E-state index contributed by atoms with van der Waals surface area (Å²) in [5.41, 5.74) is 2.09. The van der Waals surface area contributed by atoms with Crippen LogP contribution in [0.3, 0.4) is 0 Å². The van der Waals surface area contributed by atoms with Gasteiger partial charge >= 0.3 is 0 Å². The Morgan fingerprint density at radius 3 is 2.76 bits per heavy atom. The molecule has 5 rings (SSSR count). The molecule has 34 heavy (non-hydrogen) atoms. The molecule has 0 radical (unpaired) electrons. The highest BCUT2D eigenvalue weighted by Crippen LogP contribution is 2.36. The summed E-state index contributed by atoms with van der Waals surface area (Å²) in [6.07, 6.45) is 5.08. The van der Waals surface area contributed by atoms with Gasteiger partial charge in [-0.1, -0.05) is 57.0 Å². The van der Waals surface area contributed by atoms with Crippen molar-refractivity contribution in [2.24, 2.45) is 11.8 Å². The van der Waals surface area contributed by atoms with Gasteiger partial charge < -0.3 is 14.8 Å². The van der Waals surface area contributed by atoms with E-state index in [-0.39, 0.29) is 17.9 Å². The van der Waals surface area contributed by atoms with Crippen molar-refractivity contribution in [3.8, 4) is 0 Å². The van der Waals surface area contributed by atoms with Crippen LogP contribution in [0.1, 0.15) is 62.5 Å². The molecule has 0 saturated heterocycles. The number of carbonyl (C=O) groups excluding carboxylic acids is 2. The molecule has 1 N–H and O–H groups in total. The second kappa shape index (κ2) is 9.21. The van der Waals surface area contributed by atoms with Gasteiger partial charge in [-0.25, -0.2) is 0 Å². The Kier molecular flexibility index (Phi) is 6.28. The van der Waals surface area contributed by atoms with Crippen molar-refractivity contribution in [3.63, 3.8) is 0 Å². The Hall–Kier alpha value is -2.60. The number of rotatable bonds is 6. The van der Waals surface area contributed by atoms with Crippen molar-refractivity contribution in [2.75, 3.05) is 6.54 Å². The van der Waals surface area contributed by atoms with Gasteiger partial charge in [-0.05, 0) is 61.1 Å². The first kappa shape index (κ1) is 23.2. The molecule has 5 nitrogen and oxygen atoms in total. The monoisotopic (exact) mass is 477 g/mol. The highest BCUT2D eigenvalue weighted by molar-refractivity contribution is 7.17. The smallest absolute Gasteiger partial charge is 0.271 e. The van der Waals surface area contributed by atoms with Gasteiger partial charge in [0.15, 0.2) is 0 Å². The number of nitrogens with zero attached hydrogens (tertiary/aromatic N) is 2. The van der Waals surface area contributed by atoms with Gasteiger partial charge in [0.05, 0.1) is 16.8 Å². The summed E-state index contributed by atoms with van der Waals surface area (Å²) in [5, 5.41) is 5.44. The van der Waals surface area contributed by atoms with Crippen LogP contribution < -0.4 is 5.32 Å². The van der Waals surface area contributed by atoms with Crippen molar-refractivity contribution in [1.29, 1.82) is 0 Å². The van der Waals surface area contributed by atoms with Gasteiger partial charge in [0.1, 0.15) is 11.2 Å². The Morgan fingerprint density at radius 1 is 1.18 bits per heavy atom. The van der Waals surface area contributed by atoms with E-state index < -0.39 is 5.54 Å². The summed E-state index contributed by atoms with van der Waals surface area (Å²) >= 11 is 1.64. The predicted molar refractivity (Wildman–Crippen MR) is 138 cm³/mol. The van der Waals surface area contributed by atoms with Crippen molar-refractivity contribution in [1.82, 2.24) is 14.8 Å². The quantitative estimate of drug-likeness (QED) is 0.510. The van der Waals surface area contributed by atoms with Gasteiger partial charge in [-0.2, -0.15) is 0 Å². The lowest BCUT2D eigenvalue weighted by atomic mass is 9.77. The minimum Gasteiger partial charge on any atom is -0.351 e. The van der Waals surface area contributed by atoms with E-state index in [1.165, 1.54) is 12.0 Å². The minimum atomic E-state index is -0.922. The zero-order chi connectivity index (χ0) is 23.9. The van der Waals surface area contributed by atoms with Gasteiger partial charge in [0.25, 0.3) is 5.91 Å². The number of amides is 2. The molecule has 1 fully saturated rings. The van der Waals surface area contributed by atoms with Crippen LogP contribution >= 0.6 is 11.3 Å². The summed E-state index contributed by atoms with van der Waals surface area (Å²) < 4.78 is 3.17. The molecule has 180 valence electrons. The maximum Gasteiger partial charge on any atom is 0.271 e. The highest BCUT2D eigenvalue weighted by atomic mass is 32.1. The van der Waals surface area contributed by atoms with Crippen LogP contribution in [0.5, 0.6) is 0 Å². The predicted octanol–water partition coefficient (Wildman–Crippen LogP) is 5.49. The third-order valence-corrected chi connectivity index (χ3v) is 9.10. The summed E-state index contributed by atoms with van der Waals surface area (Å²) in [6, 6.07) is 14.6. The molecule has 1 saturated carbocycles. The van der Waals surface area contributed by atoms with Crippen molar-refractivity contribution in [3.05, 3.63) is 59.1 Å². The second-order valence-corrected chi connectivity index (χ2v) is 11.4. The Balaban J connectivity index is 1.42. The summed E-state index contributed by atoms with van der Waals surface area (Å²) in [6.45, 7) is 7.54. The molecule has 6 heteroatoms. The molecular formula is C28H35N3O2S. The fraction of sp³-hybridized carbons (Fsp3) is 0.500. The van der Waals surface area contributed by atoms with E-state index in [0.29, 0.717) is 30.6 Å². The highest BCUT2D eigenvalue weighted by Gasteiger charge is 2.48. The Bertz CT molecular complexity index is 1180. The SMILES string of the molecule is C[C@H]1[C@H](C)CCC[C@@H]1NC(=O)[C@@]1(C)Cn2c(cc3sccc32)C(=O)N1CCCc1ccccc1. The number of hydrogen-bond acceptors (Lipinski definition) is 3. The van der Waals surface area contributed by atoms with E-state index >= 15 is 0 Å². The molecule has 1 aromatic carbocycles. The summed E-state index contributed by atoms with van der Waals surface area (Å²) in [4.78, 5) is 29.6. The number of aryl methyl sites for hydroxylation is 1. The largest absolute Gasteiger partial charge is 0.351 e. The molecule has 3 heterocycles. The van der Waals surface area contributed by atoms with E-state index in [2.05, 4.69) is 47.3 Å². The first-order chi connectivity index (χ1) is 16.4. The van der Waals surface area contributed by atoms with Crippen LogP contribution in [0, 0.1) is 11.8 Å². The number of hydrogen-bond donors (Lipinski definition) is 1. The number of benzene rings is 1. The first-order valence-corrected chi connectivity index (χ1v) is 13.5. The van der Waals surface area contributed by atoms with E-state index in [4.69, 9.17) is 0 Å². The Labute approximate surface area is 206 Å². The molecule has 2 aliphatic rings. The molecule has 2 amide bonds. The molecule has 0 bridgehead atoms. The van der Waals surface area contributed by atoms with E-state index in [1.54, 1.807) is 11.3 Å². The Morgan fingerprint density at radius 2 is 1.97 bits per heavy atom. The van der Waals surface area contributed by atoms with Crippen LogP contribution in [0.15, 0.2) is 47.8 Å². The van der Waals surface area contributed by atoms with E-state index in [9.17, 15) is 9.59 Å². The lowest BCUT2D eigenvalue weighted by molar-refractivity contribution is -0.134. The number of fused-ring (bicyclic) bond motifs is 3. The summed E-state index contributed by atoms with van der Waals surface area (Å²) in [7, 11) is 0. The van der Waals surface area contributed by atoms with Crippen LogP contribution in [0.4, 0.5) is 0 Å². The van der Waals surface area contributed by atoms with Crippen LogP contribution in [-0.2, 0) is 17.8 Å². The lowest BCUT2D eigenvalue weighted by Gasteiger charge is -2.45. The normalized spacial score (nSPS) is 27.1. The lowest BCUT2D eigenvalue weighted by Crippen LogP contribution is -2.65. The second-order valence-electron chi connectivity index (χ2n) is 10.5. The molecule has 3 aromatic rings. The molecule has 1 aliphatic heterocycles. The molecule has 0 spiro atoms. The van der Waals surface area contributed by atoms with Crippen molar-refractivity contribution >= 4 is 33.4 Å². The standard InChI is InChI=1S/C28H35N3O2S/c1-19-9-7-13-22(20(19)2)29-27(33)28(3)18-30-23-14-16-34-25(23)17-24(30)26(32)31(28)15-8-12-21-10-5-4-6-11-21/h4-6,10-11,14,16-17,19-20,22H,7-9,12-13,15,18H2,1-3H3,(H,29,33)/t19-,20+,22+,28-/m1/s1. The first-order valence-electron chi connectivity index (χ1n) is 12.6. The average molecular weight is 478 g/mol. The topological polar surface area (TPSA) is 54.3 Å². The van der Waals surface area contributed by atoms with E-state index in [1.807, 2.05) is 36.1 Å². The van der Waals surface area contributed by atoms with Gasteiger partial charge in [-0.15, -0.1) is 11.3 Å². The third-order valence-electron chi connectivity index (χ3n) is 8.25. The summed E-state index contributed by atoms with van der Waals surface area (Å²) in [5.74, 6) is 0.987. The number of thiophene rings is 1. The fourth-order valence-electron chi connectivity index (χ4n) is 5.82. The van der Waals surface area contributed by atoms with Crippen LogP contribution in [0.2, 0.25) is 0 Å². The van der Waals surface area contributed by atoms with Gasteiger partial charge in [-0.3, -0.25) is 9.59 Å². The minimum absolute atomic E-state index is 0.0192. The molecular weight excluding hydrogens is 442 g/mol. The fourth-order valence-corrected chi connectivity index (χ4v) is 6.64. The molecule has 0 unspecified atom stereocenters. The van der Waals surface area contributed by atoms with Crippen LogP contribution in [-0.4, -0.2) is 39.4 Å². The zero-order valence-corrected chi connectivity index (χ0v) is 21.2. The van der Waals surface area contributed by atoms with Crippen LogP contribution in [0.25, 0.3) is 10.2 Å². The van der Waals surface area contributed by atoms with Gasteiger partial charge in [0.2, 0.25) is 5.91 Å². The number of nitrogens with one attached hydrogen (secondary N) is 1.